The number of nitrogens with zero attached hydrogens (tertiary/aromatic N) is 4. The minimum atomic E-state index is -4.55. The number of hydrogen-bond donors (Lipinski definition) is 2. The van der Waals surface area contributed by atoms with Crippen molar-refractivity contribution < 1.29 is 34.8 Å². The molecule has 4 aromatic heterocycles. The highest BCUT2D eigenvalue weighted by atomic mass is 32.2. The first kappa shape index (κ1) is 19.8. The van der Waals surface area contributed by atoms with E-state index in [2.05, 4.69) is 20.2 Å². The van der Waals surface area contributed by atoms with Crippen molar-refractivity contribution in [1.82, 2.24) is 20.2 Å². The second-order valence-electron chi connectivity index (χ2n) is 5.79. The molecule has 0 aliphatic carbocycles. The van der Waals surface area contributed by atoms with Crippen molar-refractivity contribution in [2.24, 2.45) is 0 Å². The van der Waals surface area contributed by atoms with E-state index in [0.717, 1.165) is 24.7 Å². The average Bonchev–Trinajstić information content (AvgIpc) is 3.37. The fourth-order valence-electron chi connectivity index (χ4n) is 2.42. The summed E-state index contributed by atoms with van der Waals surface area (Å²) in [6.45, 7) is 0. The molecule has 0 fully saturated rings. The second-order valence-corrected chi connectivity index (χ2v) is 8.63. The lowest BCUT2D eigenvalue weighted by Gasteiger charge is -2.05. The van der Waals surface area contributed by atoms with Crippen molar-refractivity contribution in [3.8, 4) is 34.4 Å². The molecule has 0 atom stereocenters. The quantitative estimate of drug-likeness (QED) is 0.421. The van der Waals surface area contributed by atoms with E-state index >= 15 is 0 Å². The number of furan rings is 2. The highest BCUT2D eigenvalue weighted by Crippen LogP contribution is 2.33. The van der Waals surface area contributed by atoms with Crippen LogP contribution in [-0.4, -0.2) is 46.1 Å². The van der Waals surface area contributed by atoms with Crippen LogP contribution < -0.4 is 0 Å². The van der Waals surface area contributed by atoms with Gasteiger partial charge in [-0.1, -0.05) is 6.07 Å². The zero-order valence-corrected chi connectivity index (χ0v) is 16.2. The zero-order valence-electron chi connectivity index (χ0n) is 14.6. The van der Waals surface area contributed by atoms with Crippen molar-refractivity contribution in [2.75, 3.05) is 0 Å². The summed E-state index contributed by atoms with van der Waals surface area (Å²) in [5.41, 5.74) is 0.162. The molecule has 4 aromatic rings. The Kier molecular flexibility index (Phi) is 4.70. The van der Waals surface area contributed by atoms with Gasteiger partial charge in [-0.05, 0) is 12.1 Å². The predicted molar refractivity (Wildman–Crippen MR) is 98.1 cm³/mol. The van der Waals surface area contributed by atoms with Crippen LogP contribution in [0.2, 0.25) is 0 Å². The van der Waals surface area contributed by atoms with Gasteiger partial charge in [-0.25, -0.2) is 4.98 Å². The molecule has 30 heavy (non-hydrogen) atoms. The van der Waals surface area contributed by atoms with Gasteiger partial charge in [-0.3, -0.25) is 14.1 Å². The van der Waals surface area contributed by atoms with Crippen molar-refractivity contribution in [3.63, 3.8) is 0 Å². The van der Waals surface area contributed by atoms with E-state index in [4.69, 9.17) is 13.4 Å². The number of aromatic nitrogens is 4. The predicted octanol–water partition coefficient (Wildman–Crippen LogP) is 1.95. The molecule has 4 rings (SSSR count). The molecule has 0 radical (unpaired) electrons. The van der Waals surface area contributed by atoms with Crippen LogP contribution >= 0.6 is 0 Å². The van der Waals surface area contributed by atoms with E-state index in [9.17, 15) is 21.4 Å². The smallest absolute Gasteiger partial charge is 0.297 e. The molecule has 0 spiro atoms. The van der Waals surface area contributed by atoms with Gasteiger partial charge < -0.3 is 8.83 Å². The van der Waals surface area contributed by atoms with Crippen molar-refractivity contribution in [2.45, 2.75) is 9.79 Å². The number of pyridine rings is 1. The Morgan fingerprint density at radius 1 is 0.800 bits per heavy atom. The van der Waals surface area contributed by atoms with Crippen LogP contribution in [0.1, 0.15) is 0 Å². The third-order valence-corrected chi connectivity index (χ3v) is 5.41. The van der Waals surface area contributed by atoms with Crippen LogP contribution in [0.4, 0.5) is 0 Å². The second kappa shape index (κ2) is 7.10. The van der Waals surface area contributed by atoms with E-state index in [0.29, 0.717) is 5.69 Å². The lowest BCUT2D eigenvalue weighted by molar-refractivity contribution is 0.477. The van der Waals surface area contributed by atoms with Crippen LogP contribution in [0, 0.1) is 0 Å². The zero-order chi connectivity index (χ0) is 21.5. The average molecular weight is 450 g/mol. The van der Waals surface area contributed by atoms with Gasteiger partial charge in [0, 0.05) is 18.3 Å². The van der Waals surface area contributed by atoms with Crippen molar-refractivity contribution >= 4 is 20.2 Å². The molecule has 0 aromatic carbocycles. The lowest BCUT2D eigenvalue weighted by Crippen LogP contribution is -2.00. The summed E-state index contributed by atoms with van der Waals surface area (Å²) in [6, 6.07) is 6.95. The largest absolute Gasteiger partial charge is 0.461 e. The molecule has 0 amide bonds. The molecule has 154 valence electrons. The summed E-state index contributed by atoms with van der Waals surface area (Å²) >= 11 is 0. The Morgan fingerprint density at radius 3 is 1.90 bits per heavy atom. The standard InChI is InChI=1S/C16H10N4O8S2/c21-29(22,23)9-5-12(27-7-9)14-15(13-6-10(8-28-13)30(24,25)26)19-20-16(18-14)11-3-1-2-4-17-11/h1-8H,(H,21,22,23)(H,24,25,26). The van der Waals surface area contributed by atoms with E-state index in [1.54, 1.807) is 18.2 Å². The summed E-state index contributed by atoms with van der Waals surface area (Å²) < 4.78 is 74.1. The van der Waals surface area contributed by atoms with E-state index in [1.165, 1.54) is 6.20 Å². The molecule has 0 aliphatic rings. The third-order valence-electron chi connectivity index (χ3n) is 3.79. The van der Waals surface area contributed by atoms with Gasteiger partial charge in [0.25, 0.3) is 20.2 Å². The summed E-state index contributed by atoms with van der Waals surface area (Å²) in [4.78, 5) is 7.32. The summed E-state index contributed by atoms with van der Waals surface area (Å²) in [5.74, 6) is -0.217. The van der Waals surface area contributed by atoms with Gasteiger partial charge in [0.2, 0.25) is 5.82 Å². The normalized spacial score (nSPS) is 12.2. The molecular formula is C16H10N4O8S2. The molecule has 0 aliphatic heterocycles. The molecule has 14 heteroatoms. The van der Waals surface area contributed by atoms with Crippen LogP contribution in [0.15, 0.2) is 67.7 Å². The maximum atomic E-state index is 11.4. The minimum absolute atomic E-state index is 0.0562. The van der Waals surface area contributed by atoms with Gasteiger partial charge in [0.05, 0.1) is 0 Å². The minimum Gasteiger partial charge on any atom is -0.461 e. The molecule has 0 bridgehead atoms. The Labute approximate surface area is 168 Å². The van der Waals surface area contributed by atoms with E-state index in [-0.39, 0.29) is 28.7 Å². The monoisotopic (exact) mass is 450 g/mol. The first-order valence-electron chi connectivity index (χ1n) is 7.92. The SMILES string of the molecule is O=S(=O)(O)c1coc(-c2nnc(-c3ccccn3)nc2-c2cc(S(=O)(=O)O)co2)c1. The maximum absolute atomic E-state index is 11.4. The third kappa shape index (κ3) is 3.84. The van der Waals surface area contributed by atoms with Gasteiger partial charge in [0.15, 0.2) is 17.2 Å². The van der Waals surface area contributed by atoms with E-state index in [1.807, 2.05) is 0 Å². The molecule has 0 unspecified atom stereocenters. The first-order chi connectivity index (χ1) is 14.1. The lowest BCUT2D eigenvalue weighted by atomic mass is 10.2. The maximum Gasteiger partial charge on any atom is 0.297 e. The van der Waals surface area contributed by atoms with Gasteiger partial charge in [-0.15, -0.1) is 10.2 Å². The number of hydrogen-bond acceptors (Lipinski definition) is 10. The number of rotatable bonds is 5. The Morgan fingerprint density at radius 2 is 1.40 bits per heavy atom. The summed E-state index contributed by atoms with van der Waals surface area (Å²) in [5, 5.41) is 7.91. The molecule has 0 saturated heterocycles. The Bertz CT molecular complexity index is 1440. The van der Waals surface area contributed by atoms with Gasteiger partial charge in [-0.2, -0.15) is 16.8 Å². The van der Waals surface area contributed by atoms with Crippen LogP contribution in [0.5, 0.6) is 0 Å². The highest BCUT2D eigenvalue weighted by Gasteiger charge is 2.24. The van der Waals surface area contributed by atoms with Crippen LogP contribution in [-0.2, 0) is 20.2 Å². The fraction of sp³-hybridized carbons (Fsp3) is 0. The van der Waals surface area contributed by atoms with Crippen molar-refractivity contribution in [1.29, 1.82) is 0 Å². The summed E-state index contributed by atoms with van der Waals surface area (Å²) in [6.07, 6.45) is 3.08. The topological polar surface area (TPSA) is 187 Å². The molecule has 12 nitrogen and oxygen atoms in total. The molecular weight excluding hydrogens is 440 g/mol. The fourth-order valence-corrected chi connectivity index (χ4v) is 3.28. The summed E-state index contributed by atoms with van der Waals surface area (Å²) in [7, 11) is -9.09. The van der Waals surface area contributed by atoms with E-state index < -0.39 is 30.0 Å². The van der Waals surface area contributed by atoms with Crippen LogP contribution in [0.3, 0.4) is 0 Å². The Hall–Kier alpha value is -3.46. The van der Waals surface area contributed by atoms with Crippen LogP contribution in [0.25, 0.3) is 34.4 Å². The van der Waals surface area contributed by atoms with Gasteiger partial charge >= 0.3 is 0 Å². The van der Waals surface area contributed by atoms with Crippen molar-refractivity contribution in [3.05, 3.63) is 49.1 Å². The van der Waals surface area contributed by atoms with Gasteiger partial charge in [0.1, 0.15) is 33.7 Å². The highest BCUT2D eigenvalue weighted by molar-refractivity contribution is 7.86. The molecule has 0 saturated carbocycles. The molecule has 4 heterocycles. The Balaban J connectivity index is 1.92. The molecule has 2 N–H and O–H groups in total. The first-order valence-corrected chi connectivity index (χ1v) is 10.8.